The van der Waals surface area contributed by atoms with Gasteiger partial charge < -0.3 is 28.4 Å². The Hall–Kier alpha value is -1.71. The molecule has 0 amide bonds. The second kappa shape index (κ2) is 13.7. The van der Waals surface area contributed by atoms with E-state index in [-0.39, 0.29) is 44.3 Å². The lowest BCUT2D eigenvalue weighted by molar-refractivity contribution is -0.154. The Morgan fingerprint density at radius 2 is 1.04 bits per heavy atom. The lowest BCUT2D eigenvalue weighted by Crippen LogP contribution is -2.19. The van der Waals surface area contributed by atoms with Gasteiger partial charge in [0.15, 0.2) is 0 Å². The molecule has 0 spiro atoms. The van der Waals surface area contributed by atoms with Crippen LogP contribution in [-0.4, -0.2) is 77.4 Å². The molecule has 0 aliphatic carbocycles. The molecule has 9 heteroatoms. The Morgan fingerprint density at radius 1 is 0.500 bits per heavy atom. The SMILES string of the molecule is O=C1CCOCCO1.O=C1COCCCOC(=O)COCCCO1. The number of cyclic esters (lactones) is 3. The number of hydrogen-bond donors (Lipinski definition) is 0. The van der Waals surface area contributed by atoms with Crippen molar-refractivity contribution in [2.24, 2.45) is 0 Å². The van der Waals surface area contributed by atoms with E-state index in [0.29, 0.717) is 52.3 Å². The van der Waals surface area contributed by atoms with Crippen molar-refractivity contribution in [2.75, 3.05) is 59.5 Å². The number of hydrogen-bond acceptors (Lipinski definition) is 9. The van der Waals surface area contributed by atoms with Crippen LogP contribution in [-0.2, 0) is 42.8 Å². The van der Waals surface area contributed by atoms with Gasteiger partial charge in [0.2, 0.25) is 0 Å². The summed E-state index contributed by atoms with van der Waals surface area (Å²) in [5.41, 5.74) is 0. The van der Waals surface area contributed by atoms with Crippen LogP contribution in [0.25, 0.3) is 0 Å². The first-order valence-corrected chi connectivity index (χ1v) is 7.88. The van der Waals surface area contributed by atoms with E-state index < -0.39 is 0 Å². The molecule has 0 radical (unpaired) electrons. The van der Waals surface area contributed by atoms with Crippen LogP contribution >= 0.6 is 0 Å². The minimum atomic E-state index is -0.381. The standard InChI is InChI=1S/C10H16O6.C5H8O3/c11-9-8-14-4-2-6-16-10(12)7-13-3-1-5-15-9;6-5-1-2-7-3-4-8-5/h1-8H2;1-4H2. The van der Waals surface area contributed by atoms with E-state index in [4.69, 9.17) is 23.7 Å². The van der Waals surface area contributed by atoms with Crippen molar-refractivity contribution in [3.8, 4) is 0 Å². The maximum absolute atomic E-state index is 11.0. The fourth-order valence-electron chi connectivity index (χ4n) is 1.63. The zero-order valence-electron chi connectivity index (χ0n) is 13.7. The average Bonchev–Trinajstić information content (AvgIpc) is 2.81. The molecule has 0 saturated carbocycles. The Balaban J connectivity index is 0.000000300. The molecule has 2 aliphatic heterocycles. The third-order valence-electron chi connectivity index (χ3n) is 2.77. The Labute approximate surface area is 140 Å². The van der Waals surface area contributed by atoms with Crippen molar-refractivity contribution in [1.29, 1.82) is 0 Å². The molecular formula is C15H24O9. The summed E-state index contributed by atoms with van der Waals surface area (Å²) in [5.74, 6) is -0.911. The first kappa shape index (κ1) is 20.3. The second-order valence-electron chi connectivity index (χ2n) is 4.84. The monoisotopic (exact) mass is 348 g/mol. The molecule has 24 heavy (non-hydrogen) atoms. The predicted octanol–water partition coefficient (Wildman–Crippen LogP) is -0.150. The summed E-state index contributed by atoms with van der Waals surface area (Å²) in [6.45, 7) is 2.63. The summed E-state index contributed by atoms with van der Waals surface area (Å²) < 4.78 is 29.3. The van der Waals surface area contributed by atoms with Gasteiger partial charge in [0.25, 0.3) is 0 Å². The second-order valence-corrected chi connectivity index (χ2v) is 4.84. The largest absolute Gasteiger partial charge is 0.464 e. The topological polar surface area (TPSA) is 107 Å². The third-order valence-corrected chi connectivity index (χ3v) is 2.77. The van der Waals surface area contributed by atoms with Gasteiger partial charge in [-0.2, -0.15) is 0 Å². The molecule has 9 nitrogen and oxygen atoms in total. The molecule has 0 aromatic carbocycles. The fraction of sp³-hybridized carbons (Fsp3) is 0.800. The zero-order valence-corrected chi connectivity index (χ0v) is 13.7. The minimum Gasteiger partial charge on any atom is -0.464 e. The molecule has 2 saturated heterocycles. The van der Waals surface area contributed by atoms with Gasteiger partial charge in [-0.15, -0.1) is 0 Å². The molecule has 138 valence electrons. The number of ether oxygens (including phenoxy) is 6. The van der Waals surface area contributed by atoms with Crippen LogP contribution in [0, 0.1) is 0 Å². The van der Waals surface area contributed by atoms with Gasteiger partial charge in [-0.3, -0.25) is 4.79 Å². The van der Waals surface area contributed by atoms with Crippen LogP contribution in [0.1, 0.15) is 19.3 Å². The molecule has 2 heterocycles. The van der Waals surface area contributed by atoms with E-state index in [0.717, 1.165) is 0 Å². The maximum atomic E-state index is 11.0. The van der Waals surface area contributed by atoms with Crippen molar-refractivity contribution < 1.29 is 42.8 Å². The summed E-state index contributed by atoms with van der Waals surface area (Å²) in [6, 6.07) is 0. The van der Waals surface area contributed by atoms with E-state index in [9.17, 15) is 14.4 Å². The molecule has 2 rings (SSSR count). The first-order valence-electron chi connectivity index (χ1n) is 7.88. The van der Waals surface area contributed by atoms with Gasteiger partial charge in [-0.25, -0.2) is 9.59 Å². The number of rotatable bonds is 0. The van der Waals surface area contributed by atoms with Crippen LogP contribution in [0.2, 0.25) is 0 Å². The maximum Gasteiger partial charge on any atom is 0.332 e. The van der Waals surface area contributed by atoms with E-state index >= 15 is 0 Å². The fourth-order valence-corrected chi connectivity index (χ4v) is 1.63. The number of esters is 3. The van der Waals surface area contributed by atoms with Crippen LogP contribution in [0.4, 0.5) is 0 Å². The van der Waals surface area contributed by atoms with E-state index in [1.54, 1.807) is 0 Å². The van der Waals surface area contributed by atoms with Crippen LogP contribution in [0.3, 0.4) is 0 Å². The van der Waals surface area contributed by atoms with Gasteiger partial charge in [-0.1, -0.05) is 0 Å². The summed E-state index contributed by atoms with van der Waals surface area (Å²) in [6.07, 6.45) is 1.51. The summed E-state index contributed by atoms with van der Waals surface area (Å²) in [5, 5.41) is 0. The van der Waals surface area contributed by atoms with Crippen LogP contribution in [0.5, 0.6) is 0 Å². The van der Waals surface area contributed by atoms with Crippen molar-refractivity contribution in [3.05, 3.63) is 0 Å². The molecule has 2 aliphatic rings. The van der Waals surface area contributed by atoms with E-state index in [2.05, 4.69) is 4.74 Å². The molecule has 2 fully saturated rings. The highest BCUT2D eigenvalue weighted by molar-refractivity contribution is 5.71. The van der Waals surface area contributed by atoms with Crippen molar-refractivity contribution in [1.82, 2.24) is 0 Å². The molecule has 0 N–H and O–H groups in total. The van der Waals surface area contributed by atoms with Gasteiger partial charge >= 0.3 is 17.9 Å². The Kier molecular flexibility index (Phi) is 11.6. The number of carbonyl (C=O) groups excluding carboxylic acids is 3. The molecule has 0 bridgehead atoms. The molecule has 0 aromatic rings. The minimum absolute atomic E-state index is 0.0607. The number of carbonyl (C=O) groups is 3. The molecular weight excluding hydrogens is 324 g/mol. The Morgan fingerprint density at radius 3 is 1.62 bits per heavy atom. The normalized spacial score (nSPS) is 21.8. The lowest BCUT2D eigenvalue weighted by atomic mass is 10.5. The smallest absolute Gasteiger partial charge is 0.332 e. The predicted molar refractivity (Wildman–Crippen MR) is 79.2 cm³/mol. The van der Waals surface area contributed by atoms with E-state index in [1.807, 2.05) is 0 Å². The van der Waals surface area contributed by atoms with Crippen LogP contribution < -0.4 is 0 Å². The highest BCUT2D eigenvalue weighted by Gasteiger charge is 2.07. The average molecular weight is 348 g/mol. The lowest BCUT2D eigenvalue weighted by Gasteiger charge is -2.09. The van der Waals surface area contributed by atoms with Gasteiger partial charge in [0, 0.05) is 12.8 Å². The van der Waals surface area contributed by atoms with Gasteiger partial charge in [-0.05, 0) is 0 Å². The van der Waals surface area contributed by atoms with Crippen molar-refractivity contribution >= 4 is 17.9 Å². The highest BCUT2D eigenvalue weighted by Crippen LogP contribution is 1.94. The molecule has 0 unspecified atom stereocenters. The highest BCUT2D eigenvalue weighted by atomic mass is 16.6. The molecule has 0 atom stereocenters. The van der Waals surface area contributed by atoms with Crippen molar-refractivity contribution in [3.63, 3.8) is 0 Å². The van der Waals surface area contributed by atoms with E-state index in [1.165, 1.54) is 0 Å². The van der Waals surface area contributed by atoms with Crippen molar-refractivity contribution in [2.45, 2.75) is 19.3 Å². The Bertz CT molecular complexity index is 329. The summed E-state index contributed by atoms with van der Waals surface area (Å²) in [4.78, 5) is 32.4. The molecule has 0 aromatic heterocycles. The van der Waals surface area contributed by atoms with Crippen LogP contribution in [0.15, 0.2) is 0 Å². The van der Waals surface area contributed by atoms with Gasteiger partial charge in [0.05, 0.1) is 46.1 Å². The quantitative estimate of drug-likeness (QED) is 0.436. The zero-order chi connectivity index (χ0) is 17.5. The summed E-state index contributed by atoms with van der Waals surface area (Å²) >= 11 is 0. The summed E-state index contributed by atoms with van der Waals surface area (Å²) in [7, 11) is 0. The van der Waals surface area contributed by atoms with Gasteiger partial charge in [0.1, 0.15) is 19.8 Å². The first-order chi connectivity index (χ1) is 11.7. The third kappa shape index (κ3) is 11.8.